The summed E-state index contributed by atoms with van der Waals surface area (Å²) < 4.78 is 16.0. The Balaban J connectivity index is 2.07. The molecule has 2 N–H and O–H groups in total. The van der Waals surface area contributed by atoms with Crippen molar-refractivity contribution < 1.29 is 28.9 Å². The van der Waals surface area contributed by atoms with Crippen molar-refractivity contribution in [1.29, 1.82) is 0 Å². The lowest BCUT2D eigenvalue weighted by molar-refractivity contribution is -0.148. The number of nitrogens with one attached hydrogen (secondary N) is 1. The fourth-order valence-corrected chi connectivity index (χ4v) is 2.58. The normalized spacial score (nSPS) is 12.6. The number of nitrogens with zero attached hydrogens (tertiary/aromatic N) is 2. The minimum Gasteiger partial charge on any atom is -0.510 e. The lowest BCUT2D eigenvalue weighted by Gasteiger charge is -2.11. The van der Waals surface area contributed by atoms with E-state index >= 15 is 0 Å². The van der Waals surface area contributed by atoms with Crippen molar-refractivity contribution in [3.05, 3.63) is 60.0 Å². The molecule has 176 valence electrons. The van der Waals surface area contributed by atoms with Gasteiger partial charge in [0, 0.05) is 0 Å². The molecule has 0 aliphatic heterocycles. The number of hydrogen-bond donors (Lipinski definition) is 2. The number of rotatable bonds is 11. The molecule has 1 amide bonds. The zero-order valence-electron chi connectivity index (χ0n) is 19.2. The summed E-state index contributed by atoms with van der Waals surface area (Å²) in [6.07, 6.45) is 0.702. The van der Waals surface area contributed by atoms with Gasteiger partial charge >= 0.3 is 5.97 Å². The number of carbonyl (C=O) groups is 2. The first kappa shape index (κ1) is 25.4. The Morgan fingerprint density at radius 1 is 1.06 bits per heavy atom. The Bertz CT molecular complexity index is 1010. The predicted molar refractivity (Wildman–Crippen MR) is 124 cm³/mol. The van der Waals surface area contributed by atoms with Crippen molar-refractivity contribution >= 4 is 23.3 Å². The van der Waals surface area contributed by atoms with E-state index in [4.69, 9.17) is 14.2 Å². The standard InChI is InChI=1S/C24H29N3O6/c1-5-16(2)24(30)33-15-14-32-21-13-9-7-11-19(21)26-27-22(17(3)28)23(29)25-18-10-6-8-12-20(18)31-4/h6-13,16,28H,5,14-15H2,1-4H3,(H,25,29)/t16-/m0/s1. The topological polar surface area (TPSA) is 119 Å². The summed E-state index contributed by atoms with van der Waals surface area (Å²) in [5.41, 5.74) is 0.502. The second-order valence-electron chi connectivity index (χ2n) is 7.08. The van der Waals surface area contributed by atoms with Crippen LogP contribution in [0.15, 0.2) is 70.2 Å². The number of ether oxygens (including phenoxy) is 3. The first-order chi connectivity index (χ1) is 15.9. The molecular weight excluding hydrogens is 426 g/mol. The summed E-state index contributed by atoms with van der Waals surface area (Å²) in [6, 6.07) is 13.7. The maximum absolute atomic E-state index is 12.7. The molecule has 0 heterocycles. The summed E-state index contributed by atoms with van der Waals surface area (Å²) in [4.78, 5) is 24.4. The molecule has 1 atom stereocenters. The van der Waals surface area contributed by atoms with Gasteiger partial charge in [0.15, 0.2) is 5.70 Å². The highest BCUT2D eigenvalue weighted by Gasteiger charge is 2.16. The SMILES string of the molecule is CC[C@H](C)C(=O)OCCOc1ccccc1N=NC(C(=O)Nc1ccccc1OC)=C(C)O. The van der Waals surface area contributed by atoms with E-state index in [0.29, 0.717) is 29.3 Å². The van der Waals surface area contributed by atoms with Crippen LogP contribution in [0, 0.1) is 5.92 Å². The van der Waals surface area contributed by atoms with Crippen LogP contribution in [0.25, 0.3) is 0 Å². The molecule has 9 nitrogen and oxygen atoms in total. The molecule has 2 aromatic rings. The molecule has 2 rings (SSSR count). The van der Waals surface area contributed by atoms with Crippen LogP contribution in [0.3, 0.4) is 0 Å². The summed E-state index contributed by atoms with van der Waals surface area (Å²) in [6.45, 7) is 5.28. The van der Waals surface area contributed by atoms with Gasteiger partial charge < -0.3 is 24.6 Å². The summed E-state index contributed by atoms with van der Waals surface area (Å²) >= 11 is 0. The van der Waals surface area contributed by atoms with E-state index in [-0.39, 0.29) is 36.6 Å². The zero-order valence-corrected chi connectivity index (χ0v) is 19.2. The van der Waals surface area contributed by atoms with Gasteiger partial charge in [-0.25, -0.2) is 0 Å². The highest BCUT2D eigenvalue weighted by Crippen LogP contribution is 2.29. The molecule has 0 aliphatic rings. The van der Waals surface area contributed by atoms with Gasteiger partial charge in [-0.05, 0) is 37.6 Å². The summed E-state index contributed by atoms with van der Waals surface area (Å²) in [7, 11) is 1.49. The van der Waals surface area contributed by atoms with Crippen LogP contribution in [0.4, 0.5) is 11.4 Å². The van der Waals surface area contributed by atoms with Crippen LogP contribution >= 0.6 is 0 Å². The lowest BCUT2D eigenvalue weighted by atomic mass is 10.1. The monoisotopic (exact) mass is 455 g/mol. The Morgan fingerprint density at radius 2 is 1.73 bits per heavy atom. The second kappa shape index (κ2) is 12.8. The van der Waals surface area contributed by atoms with Gasteiger partial charge in [-0.15, -0.1) is 10.2 Å². The van der Waals surface area contributed by atoms with Gasteiger partial charge in [0.25, 0.3) is 5.91 Å². The van der Waals surface area contributed by atoms with Gasteiger partial charge in [0.1, 0.15) is 36.2 Å². The number of benzene rings is 2. The third kappa shape index (κ3) is 7.64. The number of azo groups is 1. The predicted octanol–water partition coefficient (Wildman–Crippen LogP) is 5.18. The molecule has 33 heavy (non-hydrogen) atoms. The molecule has 0 fully saturated rings. The van der Waals surface area contributed by atoms with Gasteiger partial charge in [-0.2, -0.15) is 0 Å². The number of para-hydroxylation sites is 3. The van der Waals surface area contributed by atoms with E-state index in [1.54, 1.807) is 55.5 Å². The first-order valence-corrected chi connectivity index (χ1v) is 10.5. The maximum atomic E-state index is 12.7. The Morgan fingerprint density at radius 3 is 2.39 bits per heavy atom. The van der Waals surface area contributed by atoms with E-state index in [2.05, 4.69) is 15.5 Å². The van der Waals surface area contributed by atoms with E-state index < -0.39 is 5.91 Å². The average Bonchev–Trinajstić information content (AvgIpc) is 2.82. The van der Waals surface area contributed by atoms with Crippen molar-refractivity contribution in [3.63, 3.8) is 0 Å². The molecule has 0 bridgehead atoms. The van der Waals surface area contributed by atoms with Gasteiger partial charge in [0.2, 0.25) is 0 Å². The van der Waals surface area contributed by atoms with Crippen LogP contribution in [0.2, 0.25) is 0 Å². The zero-order chi connectivity index (χ0) is 24.2. The molecule has 9 heteroatoms. The minimum atomic E-state index is -0.654. The number of aliphatic hydroxyl groups is 1. The number of hydrogen-bond acceptors (Lipinski definition) is 8. The van der Waals surface area contributed by atoms with Crippen LogP contribution in [0.5, 0.6) is 11.5 Å². The quantitative estimate of drug-likeness (QED) is 0.159. The smallest absolute Gasteiger partial charge is 0.308 e. The van der Waals surface area contributed by atoms with Crippen LogP contribution in [-0.4, -0.2) is 37.3 Å². The Hall–Kier alpha value is -3.88. The van der Waals surface area contributed by atoms with E-state index in [9.17, 15) is 14.7 Å². The number of methoxy groups -OCH3 is 1. The van der Waals surface area contributed by atoms with Crippen molar-refractivity contribution in [2.45, 2.75) is 27.2 Å². The number of aliphatic hydroxyl groups excluding tert-OH is 1. The number of esters is 1. The van der Waals surface area contributed by atoms with Gasteiger partial charge in [0.05, 0.1) is 18.7 Å². The van der Waals surface area contributed by atoms with Crippen molar-refractivity contribution in [1.82, 2.24) is 0 Å². The first-order valence-electron chi connectivity index (χ1n) is 10.5. The van der Waals surface area contributed by atoms with Crippen molar-refractivity contribution in [2.24, 2.45) is 16.1 Å². The second-order valence-corrected chi connectivity index (χ2v) is 7.08. The molecule has 0 saturated heterocycles. The molecule has 0 radical (unpaired) electrons. The minimum absolute atomic E-state index is 0.0941. The molecule has 0 saturated carbocycles. The fourth-order valence-electron chi connectivity index (χ4n) is 2.58. The van der Waals surface area contributed by atoms with E-state index in [1.165, 1.54) is 14.0 Å². The largest absolute Gasteiger partial charge is 0.510 e. The van der Waals surface area contributed by atoms with Crippen molar-refractivity contribution in [3.8, 4) is 11.5 Å². The van der Waals surface area contributed by atoms with Crippen LogP contribution in [0.1, 0.15) is 27.2 Å². The van der Waals surface area contributed by atoms with Gasteiger partial charge in [-0.3, -0.25) is 9.59 Å². The number of allylic oxidation sites excluding steroid dienone is 1. The van der Waals surface area contributed by atoms with Crippen LogP contribution < -0.4 is 14.8 Å². The van der Waals surface area contributed by atoms with Gasteiger partial charge in [-0.1, -0.05) is 38.1 Å². The molecule has 2 aromatic carbocycles. The molecule has 0 aromatic heterocycles. The molecule has 0 spiro atoms. The molecule has 0 aliphatic carbocycles. The third-order valence-electron chi connectivity index (χ3n) is 4.64. The number of carbonyl (C=O) groups excluding carboxylic acids is 2. The highest BCUT2D eigenvalue weighted by atomic mass is 16.6. The van der Waals surface area contributed by atoms with E-state index in [1.807, 2.05) is 6.92 Å². The fraction of sp³-hybridized carbons (Fsp3) is 0.333. The van der Waals surface area contributed by atoms with Crippen molar-refractivity contribution in [2.75, 3.05) is 25.6 Å². The summed E-state index contributed by atoms with van der Waals surface area (Å²) in [5, 5.41) is 20.6. The molecular formula is C24H29N3O6. The Kier molecular flexibility index (Phi) is 9.88. The number of amides is 1. The molecule has 0 unspecified atom stereocenters. The number of anilines is 1. The highest BCUT2D eigenvalue weighted by molar-refractivity contribution is 6.04. The summed E-state index contributed by atoms with van der Waals surface area (Å²) in [5.74, 6) is -0.546. The Labute approximate surface area is 193 Å². The van der Waals surface area contributed by atoms with E-state index in [0.717, 1.165) is 0 Å². The maximum Gasteiger partial charge on any atom is 0.308 e. The third-order valence-corrected chi connectivity index (χ3v) is 4.64. The average molecular weight is 456 g/mol. The lowest BCUT2D eigenvalue weighted by Crippen LogP contribution is -2.17. The van der Waals surface area contributed by atoms with Crippen LogP contribution in [-0.2, 0) is 14.3 Å².